The third kappa shape index (κ3) is 5.17. The molecule has 0 saturated heterocycles. The smallest absolute Gasteiger partial charge is 0.167 e. The van der Waals surface area contributed by atoms with E-state index in [0.717, 1.165) is 82.8 Å². The molecule has 5 heterocycles. The highest BCUT2D eigenvalue weighted by Gasteiger charge is 2.22. The molecule has 266 valence electrons. The summed E-state index contributed by atoms with van der Waals surface area (Å²) >= 11 is 1.82. The molecule has 0 unspecified atom stereocenters. The number of rotatable bonds is 5. The van der Waals surface area contributed by atoms with Crippen LogP contribution in [0.4, 0.5) is 0 Å². The average Bonchev–Trinajstić information content (AvgIpc) is 3.97. The molecule has 0 aliphatic carbocycles. The maximum atomic E-state index is 6.76. The quantitative estimate of drug-likeness (QED) is 0.174. The van der Waals surface area contributed by atoms with Crippen molar-refractivity contribution in [3.63, 3.8) is 0 Å². The summed E-state index contributed by atoms with van der Waals surface area (Å²) < 4.78 is 15.6. The number of hydrogen-bond acceptors (Lipinski definition) is 7. The minimum Gasteiger partial charge on any atom is -0.456 e. The monoisotopic (exact) mass is 748 g/mol. The van der Waals surface area contributed by atoms with Crippen molar-refractivity contribution >= 4 is 75.4 Å². The van der Waals surface area contributed by atoms with Gasteiger partial charge in [0.2, 0.25) is 0 Å². The van der Waals surface area contributed by atoms with E-state index >= 15 is 0 Å². The molecule has 57 heavy (non-hydrogen) atoms. The fraction of sp³-hybridized carbons (Fsp3) is 0. The summed E-state index contributed by atoms with van der Waals surface area (Å²) in [4.78, 5) is 19.8. The topological polar surface area (TPSA) is 77.8 Å². The van der Waals surface area contributed by atoms with Gasteiger partial charge in [-0.05, 0) is 70.8 Å². The SMILES string of the molecule is c1cncc(-c2ccc(-c3nc(-c4ccc5c(c4)oc4ccccc45)nc(-c4ccc(-c5ccc6c(c5)sc5ccccc56)c5c4oc4ccccc45)n3)cc2)c1. The fourth-order valence-corrected chi connectivity index (χ4v) is 9.25. The van der Waals surface area contributed by atoms with Crippen molar-refractivity contribution < 1.29 is 8.83 Å². The van der Waals surface area contributed by atoms with Crippen LogP contribution in [-0.2, 0) is 0 Å². The Morgan fingerprint density at radius 1 is 0.386 bits per heavy atom. The molecule has 0 spiro atoms. The predicted molar refractivity (Wildman–Crippen MR) is 232 cm³/mol. The number of pyridine rings is 1. The molecule has 0 atom stereocenters. The predicted octanol–water partition coefficient (Wildman–Crippen LogP) is 13.8. The van der Waals surface area contributed by atoms with Gasteiger partial charge in [-0.15, -0.1) is 11.3 Å². The van der Waals surface area contributed by atoms with Crippen molar-refractivity contribution in [2.45, 2.75) is 0 Å². The Morgan fingerprint density at radius 2 is 1.02 bits per heavy atom. The second-order valence-electron chi connectivity index (χ2n) is 14.2. The molecule has 0 bridgehead atoms. The van der Waals surface area contributed by atoms with Gasteiger partial charge in [0.05, 0.1) is 5.56 Å². The van der Waals surface area contributed by atoms with E-state index in [1.807, 2.05) is 60.0 Å². The van der Waals surface area contributed by atoms with Crippen LogP contribution in [0.1, 0.15) is 0 Å². The van der Waals surface area contributed by atoms with Crippen molar-refractivity contribution in [3.05, 3.63) is 170 Å². The summed E-state index contributed by atoms with van der Waals surface area (Å²) in [5.74, 6) is 1.62. The Labute approximate surface area is 329 Å². The van der Waals surface area contributed by atoms with E-state index in [1.54, 1.807) is 6.20 Å². The lowest BCUT2D eigenvalue weighted by molar-refractivity contribution is 0.668. The highest BCUT2D eigenvalue weighted by molar-refractivity contribution is 7.25. The molecule has 7 heteroatoms. The average molecular weight is 749 g/mol. The molecule has 0 radical (unpaired) electrons. The Bertz CT molecular complexity index is 3530. The second-order valence-corrected chi connectivity index (χ2v) is 15.3. The van der Waals surface area contributed by atoms with Gasteiger partial charge in [0.1, 0.15) is 22.3 Å². The van der Waals surface area contributed by atoms with Crippen molar-refractivity contribution in [1.29, 1.82) is 0 Å². The van der Waals surface area contributed by atoms with Crippen LogP contribution in [0.2, 0.25) is 0 Å². The van der Waals surface area contributed by atoms with E-state index in [4.69, 9.17) is 23.8 Å². The maximum absolute atomic E-state index is 6.76. The van der Waals surface area contributed by atoms with Gasteiger partial charge in [0.15, 0.2) is 17.5 Å². The molecule has 7 aromatic carbocycles. The van der Waals surface area contributed by atoms with Crippen LogP contribution in [0, 0.1) is 0 Å². The molecule has 0 aliphatic rings. The van der Waals surface area contributed by atoms with Crippen LogP contribution >= 0.6 is 11.3 Å². The third-order valence-electron chi connectivity index (χ3n) is 10.9. The van der Waals surface area contributed by atoms with Gasteiger partial charge in [-0.1, -0.05) is 109 Å². The van der Waals surface area contributed by atoms with E-state index in [1.165, 1.54) is 20.2 Å². The van der Waals surface area contributed by atoms with Gasteiger partial charge in [0.25, 0.3) is 0 Å². The molecule has 0 aliphatic heterocycles. The molecule has 6 nitrogen and oxygen atoms in total. The van der Waals surface area contributed by atoms with Crippen LogP contribution in [0.3, 0.4) is 0 Å². The first kappa shape index (κ1) is 31.8. The molecular formula is C50H28N4O2S. The van der Waals surface area contributed by atoms with Crippen LogP contribution in [0.15, 0.2) is 179 Å². The Hall–Kier alpha value is -7.48. The molecule has 12 aromatic rings. The van der Waals surface area contributed by atoms with Crippen molar-refractivity contribution in [2.75, 3.05) is 0 Å². The summed E-state index contributed by atoms with van der Waals surface area (Å²) in [6, 6.07) is 54.4. The third-order valence-corrected chi connectivity index (χ3v) is 12.0. The number of nitrogens with zero attached hydrogens (tertiary/aromatic N) is 4. The molecule has 0 amide bonds. The van der Waals surface area contributed by atoms with E-state index in [9.17, 15) is 0 Å². The molecular weight excluding hydrogens is 721 g/mol. The van der Waals surface area contributed by atoms with E-state index in [0.29, 0.717) is 17.5 Å². The van der Waals surface area contributed by atoms with E-state index in [2.05, 4.69) is 120 Å². The zero-order valence-electron chi connectivity index (χ0n) is 30.2. The number of hydrogen-bond donors (Lipinski definition) is 0. The molecule has 0 fully saturated rings. The van der Waals surface area contributed by atoms with Crippen LogP contribution in [-0.4, -0.2) is 19.9 Å². The zero-order valence-corrected chi connectivity index (χ0v) is 31.0. The summed E-state index contributed by atoms with van der Waals surface area (Å²) in [6.07, 6.45) is 3.65. The number of fused-ring (bicyclic) bond motifs is 9. The first-order chi connectivity index (χ1) is 28.2. The van der Waals surface area contributed by atoms with Gasteiger partial charge < -0.3 is 8.83 Å². The Morgan fingerprint density at radius 3 is 1.86 bits per heavy atom. The van der Waals surface area contributed by atoms with Crippen LogP contribution in [0.5, 0.6) is 0 Å². The maximum Gasteiger partial charge on any atom is 0.167 e. The summed E-state index contributed by atoms with van der Waals surface area (Å²) in [6.45, 7) is 0. The fourth-order valence-electron chi connectivity index (χ4n) is 8.10. The zero-order chi connectivity index (χ0) is 37.5. The number of para-hydroxylation sites is 2. The van der Waals surface area contributed by atoms with Crippen molar-refractivity contribution in [2.24, 2.45) is 0 Å². The minimum atomic E-state index is 0.520. The highest BCUT2D eigenvalue weighted by Crippen LogP contribution is 2.44. The molecule has 0 N–H and O–H groups in total. The van der Waals surface area contributed by atoms with E-state index < -0.39 is 0 Å². The first-order valence-electron chi connectivity index (χ1n) is 18.8. The first-order valence-corrected chi connectivity index (χ1v) is 19.6. The largest absolute Gasteiger partial charge is 0.456 e. The number of thiophene rings is 1. The normalized spacial score (nSPS) is 11.9. The van der Waals surface area contributed by atoms with Gasteiger partial charge in [-0.3, -0.25) is 4.98 Å². The summed E-state index contributed by atoms with van der Waals surface area (Å²) in [5.41, 5.74) is 9.95. The lowest BCUT2D eigenvalue weighted by Crippen LogP contribution is -2.00. The summed E-state index contributed by atoms with van der Waals surface area (Å²) in [7, 11) is 0. The summed E-state index contributed by atoms with van der Waals surface area (Å²) in [5, 5.41) is 6.73. The van der Waals surface area contributed by atoms with Gasteiger partial charge >= 0.3 is 0 Å². The molecule has 0 saturated carbocycles. The number of furan rings is 2. The van der Waals surface area contributed by atoms with Gasteiger partial charge in [-0.25, -0.2) is 15.0 Å². The van der Waals surface area contributed by atoms with Crippen molar-refractivity contribution in [1.82, 2.24) is 19.9 Å². The lowest BCUT2D eigenvalue weighted by atomic mass is 9.96. The highest BCUT2D eigenvalue weighted by atomic mass is 32.1. The minimum absolute atomic E-state index is 0.520. The molecule has 5 aromatic heterocycles. The van der Waals surface area contributed by atoms with Gasteiger partial charge in [-0.2, -0.15) is 0 Å². The van der Waals surface area contributed by atoms with Gasteiger partial charge in [0, 0.05) is 65.2 Å². The second kappa shape index (κ2) is 12.5. The number of aromatic nitrogens is 4. The number of benzene rings is 7. The van der Waals surface area contributed by atoms with Crippen LogP contribution < -0.4 is 0 Å². The molecule has 12 rings (SSSR count). The van der Waals surface area contributed by atoms with E-state index in [-0.39, 0.29) is 0 Å². The Balaban J connectivity index is 1.06. The Kier molecular flexibility index (Phi) is 7.00. The van der Waals surface area contributed by atoms with Crippen LogP contribution in [0.25, 0.3) is 120 Å². The van der Waals surface area contributed by atoms with Crippen molar-refractivity contribution in [3.8, 4) is 56.4 Å². The standard InChI is InChI=1S/C50H28N4O2S/c1-4-12-41-35(9-1)36-21-20-32(26-43(36)55-41)49-52-48(30-17-15-29(16-18-30)33-8-7-25-51-28-33)53-50(54-49)40-24-23-34(46-39-11-2-5-13-42(39)56-47(40)46)31-19-22-38-37-10-3-6-14-44(37)57-45(38)27-31/h1-28H. The lowest BCUT2D eigenvalue weighted by Gasteiger charge is -2.11.